The number of aliphatic hydroxyl groups excluding tert-OH is 1. The summed E-state index contributed by atoms with van der Waals surface area (Å²) in [4.78, 5) is 0. The molecule has 0 spiro atoms. The minimum Gasteiger partial charge on any atom is -0.389 e. The standard InChI is InChI=1S/C12H13ClO2/c13-9-12(14)10-15-8-4-7-11-5-2-1-3-6-11/h1-3,5-6,12,14H,8-10H2. The Morgan fingerprint density at radius 3 is 2.73 bits per heavy atom. The molecule has 0 saturated heterocycles. The van der Waals surface area contributed by atoms with E-state index in [1.165, 1.54) is 0 Å². The Morgan fingerprint density at radius 2 is 2.07 bits per heavy atom. The molecular formula is C12H13ClO2. The van der Waals surface area contributed by atoms with Gasteiger partial charge in [0.2, 0.25) is 0 Å². The van der Waals surface area contributed by atoms with Gasteiger partial charge in [-0.1, -0.05) is 30.0 Å². The molecule has 0 fully saturated rings. The lowest BCUT2D eigenvalue weighted by Crippen LogP contribution is -2.16. The Bertz CT molecular complexity index is 326. The molecule has 1 aromatic rings. The SMILES string of the molecule is OC(CCl)COCC#Cc1ccccc1. The van der Waals surface area contributed by atoms with Crippen LogP contribution >= 0.6 is 11.6 Å². The molecule has 0 aromatic heterocycles. The van der Waals surface area contributed by atoms with E-state index in [0.29, 0.717) is 6.61 Å². The van der Waals surface area contributed by atoms with E-state index in [0.717, 1.165) is 5.56 Å². The number of rotatable bonds is 4. The van der Waals surface area contributed by atoms with Gasteiger partial charge in [0.05, 0.1) is 18.6 Å². The molecule has 0 saturated carbocycles. The topological polar surface area (TPSA) is 29.5 Å². The Balaban J connectivity index is 2.23. The molecule has 80 valence electrons. The lowest BCUT2D eigenvalue weighted by Gasteiger charge is -2.04. The highest BCUT2D eigenvalue weighted by atomic mass is 35.5. The van der Waals surface area contributed by atoms with Crippen LogP contribution in [0.25, 0.3) is 0 Å². The van der Waals surface area contributed by atoms with Crippen molar-refractivity contribution in [1.82, 2.24) is 0 Å². The zero-order chi connectivity index (χ0) is 10.9. The third-order valence-corrected chi connectivity index (χ3v) is 2.03. The van der Waals surface area contributed by atoms with E-state index in [2.05, 4.69) is 11.8 Å². The first-order valence-corrected chi connectivity index (χ1v) is 5.22. The first kappa shape index (κ1) is 12.1. The van der Waals surface area contributed by atoms with Crippen LogP contribution in [0.4, 0.5) is 0 Å². The lowest BCUT2D eigenvalue weighted by atomic mass is 10.2. The molecular weight excluding hydrogens is 212 g/mol. The summed E-state index contributed by atoms with van der Waals surface area (Å²) in [6, 6.07) is 9.67. The van der Waals surface area contributed by atoms with Crippen molar-refractivity contribution >= 4 is 11.6 Å². The zero-order valence-electron chi connectivity index (χ0n) is 8.32. The van der Waals surface area contributed by atoms with Gasteiger partial charge >= 0.3 is 0 Å². The second kappa shape index (κ2) is 7.30. The maximum atomic E-state index is 9.07. The fourth-order valence-electron chi connectivity index (χ4n) is 0.950. The number of ether oxygens (including phenoxy) is 1. The van der Waals surface area contributed by atoms with Crippen molar-refractivity contribution in [2.45, 2.75) is 6.10 Å². The summed E-state index contributed by atoms with van der Waals surface area (Å²) in [5.41, 5.74) is 0.957. The molecule has 0 heterocycles. The minimum absolute atomic E-state index is 0.187. The first-order chi connectivity index (χ1) is 7.33. The molecule has 2 nitrogen and oxygen atoms in total. The van der Waals surface area contributed by atoms with Gasteiger partial charge in [0, 0.05) is 5.56 Å². The van der Waals surface area contributed by atoms with Crippen molar-refractivity contribution in [3.05, 3.63) is 35.9 Å². The molecule has 3 heteroatoms. The number of halogens is 1. The predicted molar refractivity (Wildman–Crippen MR) is 60.9 cm³/mol. The molecule has 1 aromatic carbocycles. The third kappa shape index (κ3) is 5.44. The number of benzene rings is 1. The van der Waals surface area contributed by atoms with Gasteiger partial charge in [0.1, 0.15) is 6.61 Å². The van der Waals surface area contributed by atoms with Crippen molar-refractivity contribution in [1.29, 1.82) is 0 Å². The van der Waals surface area contributed by atoms with E-state index in [1.807, 2.05) is 30.3 Å². The monoisotopic (exact) mass is 224 g/mol. The quantitative estimate of drug-likeness (QED) is 0.479. The maximum absolute atomic E-state index is 9.07. The zero-order valence-corrected chi connectivity index (χ0v) is 9.07. The van der Waals surface area contributed by atoms with E-state index in [1.54, 1.807) is 0 Å². The van der Waals surface area contributed by atoms with Crippen LogP contribution < -0.4 is 0 Å². The van der Waals surface area contributed by atoms with Crippen LogP contribution in [0, 0.1) is 11.8 Å². The molecule has 0 aliphatic rings. The van der Waals surface area contributed by atoms with Crippen molar-refractivity contribution < 1.29 is 9.84 Å². The average Bonchev–Trinajstić information content (AvgIpc) is 2.29. The molecule has 0 bridgehead atoms. The molecule has 1 rings (SSSR count). The lowest BCUT2D eigenvalue weighted by molar-refractivity contribution is 0.0640. The van der Waals surface area contributed by atoms with E-state index >= 15 is 0 Å². The Labute approximate surface area is 94.8 Å². The van der Waals surface area contributed by atoms with Gasteiger partial charge in [-0.05, 0) is 12.1 Å². The molecule has 0 radical (unpaired) electrons. The van der Waals surface area contributed by atoms with Crippen LogP contribution in [0.3, 0.4) is 0 Å². The first-order valence-electron chi connectivity index (χ1n) is 4.68. The summed E-state index contributed by atoms with van der Waals surface area (Å²) in [6.45, 7) is 0.538. The number of aliphatic hydroxyl groups is 1. The summed E-state index contributed by atoms with van der Waals surface area (Å²) >= 11 is 5.39. The smallest absolute Gasteiger partial charge is 0.108 e. The van der Waals surface area contributed by atoms with E-state index in [4.69, 9.17) is 21.4 Å². The number of hydrogen-bond acceptors (Lipinski definition) is 2. The van der Waals surface area contributed by atoms with Crippen LogP contribution in [-0.4, -0.2) is 30.3 Å². The Kier molecular flexibility index (Phi) is 5.87. The van der Waals surface area contributed by atoms with Gasteiger partial charge < -0.3 is 9.84 Å². The Morgan fingerprint density at radius 1 is 1.33 bits per heavy atom. The summed E-state index contributed by atoms with van der Waals surface area (Å²) in [6.07, 6.45) is -0.606. The number of hydrogen-bond donors (Lipinski definition) is 1. The van der Waals surface area contributed by atoms with Crippen LogP contribution in [0.2, 0.25) is 0 Å². The molecule has 0 amide bonds. The normalized spacial score (nSPS) is 11.6. The molecule has 0 aliphatic heterocycles. The highest BCUT2D eigenvalue weighted by Crippen LogP contribution is 1.94. The molecule has 0 aliphatic carbocycles. The Hall–Kier alpha value is -1.01. The second-order valence-electron chi connectivity index (χ2n) is 2.99. The second-order valence-corrected chi connectivity index (χ2v) is 3.30. The molecule has 15 heavy (non-hydrogen) atoms. The van der Waals surface area contributed by atoms with E-state index < -0.39 is 6.10 Å². The summed E-state index contributed by atoms with van der Waals surface area (Å²) < 4.78 is 5.10. The van der Waals surface area contributed by atoms with Crippen molar-refractivity contribution in [2.75, 3.05) is 19.1 Å². The van der Waals surface area contributed by atoms with E-state index in [9.17, 15) is 0 Å². The van der Waals surface area contributed by atoms with Crippen molar-refractivity contribution in [2.24, 2.45) is 0 Å². The van der Waals surface area contributed by atoms with Gasteiger partial charge in [-0.3, -0.25) is 0 Å². The van der Waals surface area contributed by atoms with Gasteiger partial charge in [0.15, 0.2) is 0 Å². The van der Waals surface area contributed by atoms with E-state index in [-0.39, 0.29) is 12.5 Å². The largest absolute Gasteiger partial charge is 0.389 e. The van der Waals surface area contributed by atoms with Crippen molar-refractivity contribution in [3.8, 4) is 11.8 Å². The van der Waals surface area contributed by atoms with Crippen molar-refractivity contribution in [3.63, 3.8) is 0 Å². The average molecular weight is 225 g/mol. The summed E-state index contributed by atoms with van der Waals surface area (Å²) in [5, 5.41) is 9.07. The van der Waals surface area contributed by atoms with Gasteiger partial charge in [-0.25, -0.2) is 0 Å². The summed E-state index contributed by atoms with van der Waals surface area (Å²) in [5.74, 6) is 5.99. The fraction of sp³-hybridized carbons (Fsp3) is 0.333. The van der Waals surface area contributed by atoms with Crippen LogP contribution in [0.5, 0.6) is 0 Å². The van der Waals surface area contributed by atoms with Gasteiger partial charge in [0.25, 0.3) is 0 Å². The molecule has 1 N–H and O–H groups in total. The predicted octanol–water partition coefficient (Wildman–Crippen LogP) is 1.65. The van der Waals surface area contributed by atoms with Gasteiger partial charge in [-0.15, -0.1) is 11.6 Å². The highest BCUT2D eigenvalue weighted by molar-refractivity contribution is 6.18. The van der Waals surface area contributed by atoms with Crippen LogP contribution in [0.15, 0.2) is 30.3 Å². The third-order valence-electron chi connectivity index (χ3n) is 1.67. The molecule has 1 unspecified atom stereocenters. The highest BCUT2D eigenvalue weighted by Gasteiger charge is 1.99. The van der Waals surface area contributed by atoms with Crippen LogP contribution in [-0.2, 0) is 4.74 Å². The number of alkyl halides is 1. The maximum Gasteiger partial charge on any atom is 0.108 e. The van der Waals surface area contributed by atoms with Crippen LogP contribution in [0.1, 0.15) is 5.56 Å². The summed E-state index contributed by atoms with van der Waals surface area (Å²) in [7, 11) is 0. The van der Waals surface area contributed by atoms with Gasteiger partial charge in [-0.2, -0.15) is 0 Å². The molecule has 1 atom stereocenters. The fourth-order valence-corrected chi connectivity index (χ4v) is 1.04. The minimum atomic E-state index is -0.606.